The highest BCUT2D eigenvalue weighted by Gasteiger charge is 2.36. The van der Waals surface area contributed by atoms with E-state index in [-0.39, 0.29) is 16.9 Å². The zero-order chi connectivity index (χ0) is 22.5. The molecule has 0 N–H and O–H groups in total. The van der Waals surface area contributed by atoms with Crippen molar-refractivity contribution in [1.29, 1.82) is 0 Å². The van der Waals surface area contributed by atoms with E-state index in [1.54, 1.807) is 0 Å². The first-order chi connectivity index (χ1) is 15.5. The zero-order valence-corrected chi connectivity index (χ0v) is 20.8. The van der Waals surface area contributed by atoms with E-state index in [1.807, 2.05) is 0 Å². The number of hydrogen-bond donors (Lipinski definition) is 0. The lowest BCUT2D eigenvalue weighted by atomic mass is 9.99. The van der Waals surface area contributed by atoms with Gasteiger partial charge in [0.2, 0.25) is 0 Å². The lowest BCUT2D eigenvalue weighted by Crippen LogP contribution is -2.52. The molecule has 4 rings (SSSR count). The Morgan fingerprint density at radius 3 is 1.91 bits per heavy atom. The molecule has 6 unspecified atom stereocenters. The molecule has 2 saturated heterocycles. The molecule has 2 fully saturated rings. The van der Waals surface area contributed by atoms with E-state index in [0.717, 1.165) is 52.2 Å². The summed E-state index contributed by atoms with van der Waals surface area (Å²) >= 11 is 14.1. The average Bonchev–Trinajstić information content (AvgIpc) is 2.83. The molecule has 2 aliphatic rings. The molecule has 2 aromatic rings. The van der Waals surface area contributed by atoms with Crippen molar-refractivity contribution in [3.63, 3.8) is 0 Å². The van der Waals surface area contributed by atoms with E-state index in [4.69, 9.17) is 23.2 Å². The van der Waals surface area contributed by atoms with Gasteiger partial charge < -0.3 is 4.90 Å². The minimum Gasteiger partial charge on any atom is -0.301 e. The van der Waals surface area contributed by atoms with Crippen LogP contribution in [0.25, 0.3) is 0 Å². The molecule has 2 aromatic carbocycles. The average molecular weight is 476 g/mol. The highest BCUT2D eigenvalue weighted by atomic mass is 35.5. The fraction of sp³-hybridized carbons (Fsp3) is 0.538. The van der Waals surface area contributed by atoms with Crippen LogP contribution in [0.1, 0.15) is 29.6 Å². The molecule has 4 nitrogen and oxygen atoms in total. The SMILES string of the molecule is CN1CCN2CCN(CCC1c1ccccc1)CCN(C)C(Cl)C(Cl)C2c1ccccc1. The maximum atomic E-state index is 7.14. The summed E-state index contributed by atoms with van der Waals surface area (Å²) in [5.41, 5.74) is 2.43. The van der Waals surface area contributed by atoms with Crippen molar-refractivity contribution in [2.75, 3.05) is 59.9 Å². The summed E-state index contributed by atoms with van der Waals surface area (Å²) in [7, 11) is 4.37. The lowest BCUT2D eigenvalue weighted by Gasteiger charge is -2.43. The molecular weight excluding hydrogens is 439 g/mol. The van der Waals surface area contributed by atoms with Gasteiger partial charge in [0.05, 0.1) is 11.4 Å². The van der Waals surface area contributed by atoms with Crippen LogP contribution in [0.3, 0.4) is 0 Å². The Kier molecular flexibility index (Phi) is 8.49. The zero-order valence-electron chi connectivity index (χ0n) is 19.3. The topological polar surface area (TPSA) is 13.0 Å². The minimum atomic E-state index is -0.220. The van der Waals surface area contributed by atoms with Crippen molar-refractivity contribution < 1.29 is 0 Å². The second-order valence-corrected chi connectivity index (χ2v) is 10.2. The van der Waals surface area contributed by atoms with Gasteiger partial charge in [-0.3, -0.25) is 14.7 Å². The number of benzene rings is 2. The first-order valence-corrected chi connectivity index (χ1v) is 12.7. The summed E-state index contributed by atoms with van der Waals surface area (Å²) in [5, 5.41) is -0.200. The molecule has 0 saturated carbocycles. The minimum absolute atomic E-state index is 0.0748. The molecule has 0 aromatic heterocycles. The molecule has 0 amide bonds. The fourth-order valence-electron chi connectivity index (χ4n) is 5.12. The molecule has 2 aliphatic heterocycles. The summed E-state index contributed by atoms with van der Waals surface area (Å²) in [6.07, 6.45) is 1.13. The smallest absolute Gasteiger partial charge is 0.103 e. The molecule has 6 heteroatoms. The van der Waals surface area contributed by atoms with E-state index >= 15 is 0 Å². The van der Waals surface area contributed by atoms with Gasteiger partial charge in [-0.15, -0.1) is 23.2 Å². The van der Waals surface area contributed by atoms with Crippen molar-refractivity contribution >= 4 is 23.2 Å². The summed E-state index contributed by atoms with van der Waals surface area (Å²) in [5.74, 6) is 0. The normalized spacial score (nSPS) is 33.6. The lowest BCUT2D eigenvalue weighted by molar-refractivity contribution is 0.0806. The summed E-state index contributed by atoms with van der Waals surface area (Å²) in [6.45, 7) is 7.03. The van der Waals surface area contributed by atoms with Gasteiger partial charge in [0.25, 0.3) is 0 Å². The second-order valence-electron chi connectivity index (χ2n) is 9.23. The van der Waals surface area contributed by atoms with E-state index < -0.39 is 0 Å². The molecule has 0 radical (unpaired) electrons. The molecular formula is C26H36Cl2N4. The second kappa shape index (κ2) is 11.3. The van der Waals surface area contributed by atoms with Crippen LogP contribution in [0.5, 0.6) is 0 Å². The third-order valence-corrected chi connectivity index (χ3v) is 8.38. The van der Waals surface area contributed by atoms with Crippen LogP contribution in [0.15, 0.2) is 60.7 Å². The van der Waals surface area contributed by atoms with Gasteiger partial charge in [-0.2, -0.15) is 0 Å². The van der Waals surface area contributed by atoms with Gasteiger partial charge >= 0.3 is 0 Å². The van der Waals surface area contributed by atoms with Crippen LogP contribution in [0.4, 0.5) is 0 Å². The van der Waals surface area contributed by atoms with Crippen LogP contribution < -0.4 is 0 Å². The highest BCUT2D eigenvalue weighted by molar-refractivity contribution is 6.30. The Bertz CT molecular complexity index is 821. The van der Waals surface area contributed by atoms with Crippen LogP contribution in [-0.4, -0.2) is 90.4 Å². The molecule has 0 aliphatic carbocycles. The van der Waals surface area contributed by atoms with Gasteiger partial charge in [0.15, 0.2) is 0 Å². The van der Waals surface area contributed by atoms with Gasteiger partial charge in [0, 0.05) is 51.9 Å². The number of hydrogen-bond acceptors (Lipinski definition) is 4. The maximum absolute atomic E-state index is 7.14. The van der Waals surface area contributed by atoms with Crippen molar-refractivity contribution in [3.8, 4) is 0 Å². The van der Waals surface area contributed by atoms with Gasteiger partial charge in [-0.05, 0) is 31.6 Å². The Labute approximate surface area is 203 Å². The van der Waals surface area contributed by atoms with Crippen LogP contribution >= 0.6 is 23.2 Å². The van der Waals surface area contributed by atoms with E-state index in [9.17, 15) is 0 Å². The third kappa shape index (κ3) is 5.67. The monoisotopic (exact) mass is 474 g/mol. The van der Waals surface area contributed by atoms with Gasteiger partial charge in [-0.25, -0.2) is 0 Å². The largest absolute Gasteiger partial charge is 0.301 e. The highest BCUT2D eigenvalue weighted by Crippen LogP contribution is 2.34. The molecule has 6 atom stereocenters. The van der Waals surface area contributed by atoms with Gasteiger partial charge in [0.1, 0.15) is 5.50 Å². The summed E-state index contributed by atoms with van der Waals surface area (Å²) < 4.78 is 0. The third-order valence-electron chi connectivity index (χ3n) is 7.17. The number of rotatable bonds is 2. The van der Waals surface area contributed by atoms with Crippen molar-refractivity contribution in [2.45, 2.75) is 29.4 Å². The molecule has 32 heavy (non-hydrogen) atoms. The number of nitrogens with zero attached hydrogens (tertiary/aromatic N) is 4. The summed E-state index contributed by atoms with van der Waals surface area (Å²) in [4.78, 5) is 9.92. The van der Waals surface area contributed by atoms with Crippen LogP contribution in [0, 0.1) is 0 Å². The first kappa shape index (κ1) is 24.0. The van der Waals surface area contributed by atoms with Crippen molar-refractivity contribution in [1.82, 2.24) is 19.6 Å². The van der Waals surface area contributed by atoms with Crippen molar-refractivity contribution in [3.05, 3.63) is 71.8 Å². The molecule has 2 bridgehead atoms. The van der Waals surface area contributed by atoms with E-state index in [2.05, 4.69) is 94.4 Å². The number of likely N-dealkylation sites (N-methyl/N-ethyl adjacent to an activating group) is 2. The van der Waals surface area contributed by atoms with E-state index in [1.165, 1.54) is 11.1 Å². The maximum Gasteiger partial charge on any atom is 0.103 e. The quantitative estimate of drug-likeness (QED) is 0.468. The standard InChI is InChI=1S/C26H36Cl2N4/c1-29-16-19-32-20-18-31(14-13-23(29)21-9-5-3-6-10-21)17-15-30(2)26(28)24(27)25(32)22-11-7-4-8-12-22/h3-12,23-26H,13-20H2,1-2H3. The predicted octanol–water partition coefficient (Wildman–Crippen LogP) is 4.53. The number of fused-ring (bicyclic) bond motifs is 3. The van der Waals surface area contributed by atoms with Crippen LogP contribution in [0.2, 0.25) is 0 Å². The molecule has 0 spiro atoms. The fourth-order valence-corrected chi connectivity index (χ4v) is 5.85. The summed E-state index contributed by atoms with van der Waals surface area (Å²) in [6, 6.07) is 22.1. The van der Waals surface area contributed by atoms with Crippen LogP contribution in [-0.2, 0) is 0 Å². The molecule has 174 valence electrons. The van der Waals surface area contributed by atoms with E-state index in [0.29, 0.717) is 6.04 Å². The predicted molar refractivity (Wildman–Crippen MR) is 136 cm³/mol. The van der Waals surface area contributed by atoms with Crippen molar-refractivity contribution in [2.24, 2.45) is 0 Å². The Balaban J connectivity index is 1.67. The van der Waals surface area contributed by atoms with Gasteiger partial charge in [-0.1, -0.05) is 60.7 Å². The Hall–Kier alpha value is -1.14. The Morgan fingerprint density at radius 2 is 1.22 bits per heavy atom. The Morgan fingerprint density at radius 1 is 0.656 bits per heavy atom. The first-order valence-electron chi connectivity index (χ1n) is 11.8. The number of halogens is 2. The molecule has 2 heterocycles. The number of alkyl halides is 2.